The molecule has 0 bridgehead atoms. The number of anilines is 1. The molecule has 0 fully saturated rings. The van der Waals surface area contributed by atoms with Crippen LogP contribution in [0.3, 0.4) is 0 Å². The molecule has 1 rings (SSSR count). The van der Waals surface area contributed by atoms with Crippen LogP contribution >= 0.6 is 0 Å². The smallest absolute Gasteiger partial charge is 0.306 e. The molecule has 98 valence electrons. The molecule has 5 heteroatoms. The number of ether oxygens (including phenoxy) is 1. The molecule has 1 aromatic carbocycles. The van der Waals surface area contributed by atoms with E-state index >= 15 is 0 Å². The lowest BCUT2D eigenvalue weighted by Crippen LogP contribution is -2.29. The van der Waals surface area contributed by atoms with Crippen LogP contribution in [-0.4, -0.2) is 31.1 Å². The van der Waals surface area contributed by atoms with Gasteiger partial charge in [-0.3, -0.25) is 9.59 Å². The molecule has 18 heavy (non-hydrogen) atoms. The molecule has 0 saturated heterocycles. The number of aliphatic carboxylic acids is 1. The summed E-state index contributed by atoms with van der Waals surface area (Å²) in [5.74, 6) is -1.25. The van der Waals surface area contributed by atoms with E-state index in [2.05, 4.69) is 0 Å². The van der Waals surface area contributed by atoms with Gasteiger partial charge in [0.2, 0.25) is 5.91 Å². The summed E-state index contributed by atoms with van der Waals surface area (Å²) in [4.78, 5) is 24.0. The van der Waals surface area contributed by atoms with Gasteiger partial charge in [0.25, 0.3) is 0 Å². The van der Waals surface area contributed by atoms with Crippen molar-refractivity contribution in [3.8, 4) is 5.75 Å². The number of hydrogen-bond acceptors (Lipinski definition) is 3. The Morgan fingerprint density at radius 3 is 2.67 bits per heavy atom. The first-order chi connectivity index (χ1) is 8.45. The lowest BCUT2D eigenvalue weighted by molar-refractivity contribution is -0.143. The van der Waals surface area contributed by atoms with Crippen molar-refractivity contribution in [2.75, 3.05) is 19.1 Å². The predicted octanol–water partition coefficient (Wildman–Crippen LogP) is 1.77. The third kappa shape index (κ3) is 3.48. The summed E-state index contributed by atoms with van der Waals surface area (Å²) in [6.07, 6.45) is -0.0248. The SMILES string of the molecule is COc1cccc(N(C)C(=O)CC(C)C(=O)O)c1. The molecule has 5 nitrogen and oxygen atoms in total. The topological polar surface area (TPSA) is 66.8 Å². The molecular formula is C13H17NO4. The number of methoxy groups -OCH3 is 1. The first kappa shape index (κ1) is 14.0. The van der Waals surface area contributed by atoms with Gasteiger partial charge in [0.1, 0.15) is 5.75 Å². The van der Waals surface area contributed by atoms with Crippen molar-refractivity contribution in [1.29, 1.82) is 0 Å². The third-order valence-electron chi connectivity index (χ3n) is 2.72. The fourth-order valence-electron chi connectivity index (χ4n) is 1.45. The molecule has 1 unspecified atom stereocenters. The molecular weight excluding hydrogens is 234 g/mol. The van der Waals surface area contributed by atoms with Crippen molar-refractivity contribution in [1.82, 2.24) is 0 Å². The third-order valence-corrected chi connectivity index (χ3v) is 2.72. The quantitative estimate of drug-likeness (QED) is 0.866. The van der Waals surface area contributed by atoms with E-state index in [0.29, 0.717) is 11.4 Å². The van der Waals surface area contributed by atoms with Gasteiger partial charge >= 0.3 is 5.97 Å². The number of carbonyl (C=O) groups excluding carboxylic acids is 1. The number of amides is 1. The summed E-state index contributed by atoms with van der Waals surface area (Å²) < 4.78 is 5.07. The zero-order chi connectivity index (χ0) is 13.7. The van der Waals surface area contributed by atoms with Gasteiger partial charge in [-0.25, -0.2) is 0 Å². The molecule has 0 saturated carbocycles. The molecule has 0 aromatic heterocycles. The first-order valence-corrected chi connectivity index (χ1v) is 5.59. The maximum atomic E-state index is 11.9. The standard InChI is InChI=1S/C13H17NO4/c1-9(13(16)17)7-12(15)14(2)10-5-4-6-11(8-10)18-3/h4-6,8-9H,7H2,1-3H3,(H,16,17). The molecule has 0 aliphatic rings. The molecule has 1 N–H and O–H groups in total. The Hall–Kier alpha value is -2.04. The highest BCUT2D eigenvalue weighted by Gasteiger charge is 2.19. The van der Waals surface area contributed by atoms with Crippen LogP contribution in [-0.2, 0) is 9.59 Å². The van der Waals surface area contributed by atoms with Crippen LogP contribution in [0.1, 0.15) is 13.3 Å². The molecule has 0 aliphatic carbocycles. The highest BCUT2D eigenvalue weighted by atomic mass is 16.5. The highest BCUT2D eigenvalue weighted by Crippen LogP contribution is 2.21. The van der Waals surface area contributed by atoms with Gasteiger partial charge in [-0.2, -0.15) is 0 Å². The van der Waals surface area contributed by atoms with Crippen LogP contribution in [0.25, 0.3) is 0 Å². The monoisotopic (exact) mass is 251 g/mol. The molecule has 1 atom stereocenters. The molecule has 0 radical (unpaired) electrons. The Morgan fingerprint density at radius 1 is 1.44 bits per heavy atom. The number of carbonyl (C=O) groups is 2. The van der Waals surface area contributed by atoms with E-state index in [9.17, 15) is 9.59 Å². The highest BCUT2D eigenvalue weighted by molar-refractivity contribution is 5.94. The van der Waals surface area contributed by atoms with E-state index in [0.717, 1.165) is 0 Å². The Kier molecular flexibility index (Phi) is 4.71. The van der Waals surface area contributed by atoms with Gasteiger partial charge < -0.3 is 14.7 Å². The summed E-state index contributed by atoms with van der Waals surface area (Å²) in [6.45, 7) is 1.51. The Morgan fingerprint density at radius 2 is 2.11 bits per heavy atom. The Labute approximate surface area is 106 Å². The van der Waals surface area contributed by atoms with E-state index in [-0.39, 0.29) is 12.3 Å². The normalized spacial score (nSPS) is 11.7. The summed E-state index contributed by atoms with van der Waals surface area (Å²) in [7, 11) is 3.17. The number of rotatable bonds is 5. The molecule has 0 aliphatic heterocycles. The second-order valence-electron chi connectivity index (χ2n) is 4.10. The number of carboxylic acid groups (broad SMARTS) is 1. The minimum absolute atomic E-state index is 0.0248. The fraction of sp³-hybridized carbons (Fsp3) is 0.385. The van der Waals surface area contributed by atoms with Crippen LogP contribution in [0.2, 0.25) is 0 Å². The van der Waals surface area contributed by atoms with Gasteiger partial charge in [-0.1, -0.05) is 13.0 Å². The predicted molar refractivity (Wildman–Crippen MR) is 67.8 cm³/mol. The lowest BCUT2D eigenvalue weighted by atomic mass is 10.1. The second kappa shape index (κ2) is 6.05. The van der Waals surface area contributed by atoms with Gasteiger partial charge in [-0.15, -0.1) is 0 Å². The number of nitrogens with zero attached hydrogens (tertiary/aromatic N) is 1. The number of carboxylic acids is 1. The van der Waals surface area contributed by atoms with Crippen molar-refractivity contribution >= 4 is 17.6 Å². The van der Waals surface area contributed by atoms with Gasteiger partial charge in [0.15, 0.2) is 0 Å². The van der Waals surface area contributed by atoms with Gasteiger partial charge in [-0.05, 0) is 12.1 Å². The fourth-order valence-corrected chi connectivity index (χ4v) is 1.45. The molecule has 1 aromatic rings. The number of benzene rings is 1. The van der Waals surface area contributed by atoms with Crippen molar-refractivity contribution in [3.63, 3.8) is 0 Å². The van der Waals surface area contributed by atoms with Crippen LogP contribution in [0.4, 0.5) is 5.69 Å². The average molecular weight is 251 g/mol. The van der Waals surface area contributed by atoms with Gasteiger partial charge in [0.05, 0.1) is 13.0 Å². The van der Waals surface area contributed by atoms with Crippen molar-refractivity contribution in [2.24, 2.45) is 5.92 Å². The van der Waals surface area contributed by atoms with E-state index in [1.54, 1.807) is 38.4 Å². The molecule has 0 heterocycles. The van der Waals surface area contributed by atoms with Crippen LogP contribution in [0, 0.1) is 5.92 Å². The second-order valence-corrected chi connectivity index (χ2v) is 4.10. The average Bonchev–Trinajstić information content (AvgIpc) is 2.37. The zero-order valence-corrected chi connectivity index (χ0v) is 10.7. The minimum atomic E-state index is -0.970. The lowest BCUT2D eigenvalue weighted by Gasteiger charge is -2.19. The van der Waals surface area contributed by atoms with E-state index in [1.165, 1.54) is 11.8 Å². The van der Waals surface area contributed by atoms with Crippen LogP contribution in [0.5, 0.6) is 5.75 Å². The minimum Gasteiger partial charge on any atom is -0.497 e. The van der Waals surface area contributed by atoms with E-state index in [4.69, 9.17) is 9.84 Å². The summed E-state index contributed by atoms with van der Waals surface area (Å²) in [5.41, 5.74) is 0.678. The Bertz CT molecular complexity index is 444. The number of hydrogen-bond donors (Lipinski definition) is 1. The Balaban J connectivity index is 2.76. The van der Waals surface area contributed by atoms with Gasteiger partial charge in [0, 0.05) is 25.2 Å². The van der Waals surface area contributed by atoms with E-state index in [1.807, 2.05) is 0 Å². The van der Waals surface area contributed by atoms with Crippen LogP contribution in [0.15, 0.2) is 24.3 Å². The maximum absolute atomic E-state index is 11.9. The maximum Gasteiger partial charge on any atom is 0.306 e. The van der Waals surface area contributed by atoms with Crippen molar-refractivity contribution in [2.45, 2.75) is 13.3 Å². The summed E-state index contributed by atoms with van der Waals surface area (Å²) in [5, 5.41) is 8.77. The van der Waals surface area contributed by atoms with Crippen molar-refractivity contribution in [3.05, 3.63) is 24.3 Å². The summed E-state index contributed by atoms with van der Waals surface area (Å²) in [6, 6.07) is 7.05. The summed E-state index contributed by atoms with van der Waals surface area (Å²) >= 11 is 0. The van der Waals surface area contributed by atoms with E-state index < -0.39 is 11.9 Å². The molecule has 0 spiro atoms. The zero-order valence-electron chi connectivity index (χ0n) is 10.7. The first-order valence-electron chi connectivity index (χ1n) is 5.59. The molecule has 1 amide bonds. The largest absolute Gasteiger partial charge is 0.497 e. The van der Waals surface area contributed by atoms with Crippen molar-refractivity contribution < 1.29 is 19.4 Å². The van der Waals surface area contributed by atoms with Crippen LogP contribution < -0.4 is 9.64 Å².